The standard InChI is InChI=1S/C13H21NO2/c1-13(2,9-15)8-12(14)10-4-6-11(16-3)7-5-10/h4-7,12,15H,8-9,14H2,1-3H3. The highest BCUT2D eigenvalue weighted by molar-refractivity contribution is 5.29. The number of hydrogen-bond donors (Lipinski definition) is 2. The van der Waals surface area contributed by atoms with Gasteiger partial charge in [-0.1, -0.05) is 26.0 Å². The van der Waals surface area contributed by atoms with Crippen LogP contribution in [0.15, 0.2) is 24.3 Å². The summed E-state index contributed by atoms with van der Waals surface area (Å²) in [5.41, 5.74) is 7.03. The third-order valence-corrected chi connectivity index (χ3v) is 2.74. The van der Waals surface area contributed by atoms with Gasteiger partial charge in [-0.05, 0) is 29.5 Å². The van der Waals surface area contributed by atoms with E-state index in [0.29, 0.717) is 0 Å². The van der Waals surface area contributed by atoms with Crippen LogP contribution in [0.4, 0.5) is 0 Å². The average molecular weight is 223 g/mol. The monoisotopic (exact) mass is 223 g/mol. The lowest BCUT2D eigenvalue weighted by molar-refractivity contribution is 0.142. The number of hydrogen-bond acceptors (Lipinski definition) is 3. The minimum Gasteiger partial charge on any atom is -0.497 e. The Balaban J connectivity index is 2.69. The molecule has 1 atom stereocenters. The van der Waals surface area contributed by atoms with Gasteiger partial charge in [-0.3, -0.25) is 0 Å². The number of rotatable bonds is 5. The maximum Gasteiger partial charge on any atom is 0.118 e. The summed E-state index contributed by atoms with van der Waals surface area (Å²) in [5, 5.41) is 9.20. The first-order valence-corrected chi connectivity index (χ1v) is 5.49. The minimum absolute atomic E-state index is 0.0481. The highest BCUT2D eigenvalue weighted by Gasteiger charge is 2.21. The Morgan fingerprint density at radius 1 is 1.31 bits per heavy atom. The van der Waals surface area contributed by atoms with Crippen LogP contribution in [-0.2, 0) is 0 Å². The molecule has 0 spiro atoms. The zero-order valence-electron chi connectivity index (χ0n) is 10.2. The zero-order valence-corrected chi connectivity index (χ0v) is 10.2. The minimum atomic E-state index is -0.140. The molecule has 0 aliphatic rings. The fourth-order valence-electron chi connectivity index (χ4n) is 1.63. The van der Waals surface area contributed by atoms with E-state index in [1.807, 2.05) is 38.1 Å². The van der Waals surface area contributed by atoms with Gasteiger partial charge in [-0.2, -0.15) is 0 Å². The van der Waals surface area contributed by atoms with Crippen LogP contribution in [-0.4, -0.2) is 18.8 Å². The van der Waals surface area contributed by atoms with E-state index >= 15 is 0 Å². The summed E-state index contributed by atoms with van der Waals surface area (Å²) < 4.78 is 5.09. The van der Waals surface area contributed by atoms with Crippen LogP contribution in [0, 0.1) is 5.41 Å². The second-order valence-electron chi connectivity index (χ2n) is 4.91. The van der Waals surface area contributed by atoms with Gasteiger partial charge in [-0.15, -0.1) is 0 Å². The van der Waals surface area contributed by atoms with Crippen LogP contribution in [0.2, 0.25) is 0 Å². The molecule has 1 unspecified atom stereocenters. The predicted octanol–water partition coefficient (Wildman–Crippen LogP) is 2.10. The van der Waals surface area contributed by atoms with Crippen molar-refractivity contribution in [2.24, 2.45) is 11.1 Å². The van der Waals surface area contributed by atoms with Crippen LogP contribution in [0.3, 0.4) is 0 Å². The number of methoxy groups -OCH3 is 1. The molecule has 0 fully saturated rings. The molecular formula is C13H21NO2. The molecule has 0 aliphatic heterocycles. The lowest BCUT2D eigenvalue weighted by Crippen LogP contribution is -2.24. The van der Waals surface area contributed by atoms with Crippen LogP contribution in [0.5, 0.6) is 5.75 Å². The van der Waals surface area contributed by atoms with Crippen molar-refractivity contribution in [1.82, 2.24) is 0 Å². The first kappa shape index (κ1) is 13.0. The SMILES string of the molecule is COc1ccc(C(N)CC(C)(C)CO)cc1. The fraction of sp³-hybridized carbons (Fsp3) is 0.538. The highest BCUT2D eigenvalue weighted by Crippen LogP contribution is 2.28. The van der Waals surface area contributed by atoms with Crippen LogP contribution in [0.1, 0.15) is 31.9 Å². The number of benzene rings is 1. The summed E-state index contributed by atoms with van der Waals surface area (Å²) in [6.07, 6.45) is 0.760. The van der Waals surface area contributed by atoms with E-state index in [1.165, 1.54) is 0 Å². The second kappa shape index (κ2) is 5.32. The van der Waals surface area contributed by atoms with Crippen molar-refractivity contribution in [2.75, 3.05) is 13.7 Å². The predicted molar refractivity (Wildman–Crippen MR) is 65.4 cm³/mol. The van der Waals surface area contributed by atoms with Gasteiger partial charge in [0.1, 0.15) is 5.75 Å². The largest absolute Gasteiger partial charge is 0.497 e. The van der Waals surface area contributed by atoms with Crippen molar-refractivity contribution in [3.8, 4) is 5.75 Å². The lowest BCUT2D eigenvalue weighted by atomic mass is 9.85. The van der Waals surface area contributed by atoms with E-state index in [9.17, 15) is 5.11 Å². The fourth-order valence-corrected chi connectivity index (χ4v) is 1.63. The molecule has 0 aliphatic carbocycles. The van der Waals surface area contributed by atoms with Gasteiger partial charge in [0.05, 0.1) is 7.11 Å². The molecule has 0 heterocycles. The van der Waals surface area contributed by atoms with Crippen LogP contribution in [0.25, 0.3) is 0 Å². The molecule has 1 aromatic carbocycles. The first-order valence-electron chi connectivity index (χ1n) is 5.49. The molecule has 3 nitrogen and oxygen atoms in total. The Morgan fingerprint density at radius 2 is 1.88 bits per heavy atom. The van der Waals surface area contributed by atoms with E-state index < -0.39 is 0 Å². The van der Waals surface area contributed by atoms with E-state index in [0.717, 1.165) is 17.7 Å². The Hall–Kier alpha value is -1.06. The molecule has 0 bridgehead atoms. The average Bonchev–Trinajstić information content (AvgIpc) is 2.28. The maximum atomic E-state index is 9.20. The van der Waals surface area contributed by atoms with Crippen molar-refractivity contribution in [1.29, 1.82) is 0 Å². The zero-order chi connectivity index (χ0) is 12.2. The van der Waals surface area contributed by atoms with Crippen molar-refractivity contribution < 1.29 is 9.84 Å². The number of aliphatic hydroxyl groups excluding tert-OH is 1. The first-order chi connectivity index (χ1) is 7.48. The molecule has 0 saturated heterocycles. The Kier molecular flexibility index (Phi) is 4.33. The highest BCUT2D eigenvalue weighted by atomic mass is 16.5. The topological polar surface area (TPSA) is 55.5 Å². The number of aliphatic hydroxyl groups is 1. The molecule has 3 heteroatoms. The molecule has 1 rings (SSSR count). The Labute approximate surface area is 97.2 Å². The summed E-state index contributed by atoms with van der Waals surface area (Å²) in [5.74, 6) is 0.831. The summed E-state index contributed by atoms with van der Waals surface area (Å²) >= 11 is 0. The molecule has 90 valence electrons. The molecule has 0 aromatic heterocycles. The van der Waals surface area contributed by atoms with Crippen molar-refractivity contribution in [3.05, 3.63) is 29.8 Å². The normalized spacial score (nSPS) is 13.6. The van der Waals surface area contributed by atoms with Gasteiger partial charge in [-0.25, -0.2) is 0 Å². The van der Waals surface area contributed by atoms with Gasteiger partial charge in [0.15, 0.2) is 0 Å². The smallest absolute Gasteiger partial charge is 0.118 e. The third-order valence-electron chi connectivity index (χ3n) is 2.74. The quantitative estimate of drug-likeness (QED) is 0.803. The molecular weight excluding hydrogens is 202 g/mol. The van der Waals surface area contributed by atoms with Crippen molar-refractivity contribution >= 4 is 0 Å². The molecule has 0 radical (unpaired) electrons. The van der Waals surface area contributed by atoms with E-state index in [-0.39, 0.29) is 18.1 Å². The second-order valence-corrected chi connectivity index (χ2v) is 4.91. The van der Waals surface area contributed by atoms with Gasteiger partial charge in [0.25, 0.3) is 0 Å². The Bertz CT molecular complexity index is 319. The number of nitrogens with two attached hydrogens (primary N) is 1. The molecule has 0 saturated carbocycles. The van der Waals surface area contributed by atoms with Crippen molar-refractivity contribution in [3.63, 3.8) is 0 Å². The summed E-state index contributed by atoms with van der Waals surface area (Å²) in [7, 11) is 1.64. The summed E-state index contributed by atoms with van der Waals surface area (Å²) in [4.78, 5) is 0. The molecule has 1 aromatic rings. The van der Waals surface area contributed by atoms with Crippen LogP contribution < -0.4 is 10.5 Å². The van der Waals surface area contributed by atoms with E-state index in [2.05, 4.69) is 0 Å². The van der Waals surface area contributed by atoms with Crippen LogP contribution >= 0.6 is 0 Å². The summed E-state index contributed by atoms with van der Waals surface area (Å²) in [6.45, 7) is 4.17. The van der Waals surface area contributed by atoms with Gasteiger partial charge in [0.2, 0.25) is 0 Å². The lowest BCUT2D eigenvalue weighted by Gasteiger charge is -2.25. The van der Waals surface area contributed by atoms with Gasteiger partial charge in [0, 0.05) is 12.6 Å². The summed E-state index contributed by atoms with van der Waals surface area (Å²) in [6, 6.07) is 7.70. The van der Waals surface area contributed by atoms with Gasteiger partial charge < -0.3 is 15.6 Å². The molecule has 3 N–H and O–H groups in total. The number of ether oxygens (including phenoxy) is 1. The maximum absolute atomic E-state index is 9.20. The van der Waals surface area contributed by atoms with Crippen molar-refractivity contribution in [2.45, 2.75) is 26.3 Å². The van der Waals surface area contributed by atoms with E-state index in [1.54, 1.807) is 7.11 Å². The van der Waals surface area contributed by atoms with E-state index in [4.69, 9.17) is 10.5 Å². The third kappa shape index (κ3) is 3.51. The van der Waals surface area contributed by atoms with Gasteiger partial charge >= 0.3 is 0 Å². The molecule has 0 amide bonds. The Morgan fingerprint density at radius 3 is 2.31 bits per heavy atom. The molecule has 16 heavy (non-hydrogen) atoms.